The third-order valence-electron chi connectivity index (χ3n) is 4.93. The summed E-state index contributed by atoms with van der Waals surface area (Å²) in [5, 5.41) is 13.1. The average molecular weight is 467 g/mol. The van der Waals surface area contributed by atoms with Crippen molar-refractivity contribution in [3.8, 4) is 11.5 Å². The molecule has 0 atom stereocenters. The standard InChI is InChI=1S/C25H21N7O3/c1-15-9-10-26-22(12-15)31-24-14-23(27-16(2)28-24)29-17-5-7-18(8-6-17)30-25(33)19-13-21(35-32-19)20-4-3-11-34-20/h3-14H,1-2H3,(H,30,33)(H2,26,27,28,29,31). The Bertz CT molecular complexity index is 1460. The summed E-state index contributed by atoms with van der Waals surface area (Å²) in [5.74, 6) is 3.06. The number of aromatic nitrogens is 4. The number of nitrogens with one attached hydrogen (secondary N) is 3. The highest BCUT2D eigenvalue weighted by Gasteiger charge is 2.15. The molecule has 0 aliphatic heterocycles. The number of furan rings is 1. The fourth-order valence-electron chi connectivity index (χ4n) is 3.33. The van der Waals surface area contributed by atoms with Crippen LogP contribution >= 0.6 is 0 Å². The minimum atomic E-state index is -0.390. The number of nitrogens with zero attached hydrogens (tertiary/aromatic N) is 4. The summed E-state index contributed by atoms with van der Waals surface area (Å²) in [6, 6.07) is 17.9. The highest BCUT2D eigenvalue weighted by molar-refractivity contribution is 6.03. The van der Waals surface area contributed by atoms with Crippen molar-refractivity contribution in [2.75, 3.05) is 16.0 Å². The molecule has 0 saturated carbocycles. The summed E-state index contributed by atoms with van der Waals surface area (Å²) in [7, 11) is 0. The lowest BCUT2D eigenvalue weighted by Gasteiger charge is -2.11. The zero-order valence-corrected chi connectivity index (χ0v) is 18.9. The zero-order valence-electron chi connectivity index (χ0n) is 18.9. The molecule has 4 heterocycles. The molecule has 174 valence electrons. The molecule has 3 N–H and O–H groups in total. The van der Waals surface area contributed by atoms with Crippen molar-refractivity contribution in [1.82, 2.24) is 20.1 Å². The van der Waals surface area contributed by atoms with Crippen LogP contribution in [0.4, 0.5) is 28.8 Å². The van der Waals surface area contributed by atoms with Crippen LogP contribution in [0.25, 0.3) is 11.5 Å². The molecular formula is C25H21N7O3. The number of pyridine rings is 1. The number of hydrogen-bond acceptors (Lipinski definition) is 9. The Morgan fingerprint density at radius 2 is 1.60 bits per heavy atom. The third-order valence-corrected chi connectivity index (χ3v) is 4.93. The van der Waals surface area contributed by atoms with E-state index in [2.05, 4.69) is 36.1 Å². The van der Waals surface area contributed by atoms with Gasteiger partial charge in [-0.25, -0.2) is 15.0 Å². The van der Waals surface area contributed by atoms with Crippen LogP contribution in [0.1, 0.15) is 21.9 Å². The number of carbonyl (C=O) groups is 1. The molecule has 1 aromatic carbocycles. The molecule has 0 radical (unpaired) electrons. The van der Waals surface area contributed by atoms with Gasteiger partial charge in [-0.05, 0) is 67.9 Å². The molecule has 35 heavy (non-hydrogen) atoms. The van der Waals surface area contributed by atoms with Gasteiger partial charge in [-0.1, -0.05) is 5.16 Å². The van der Waals surface area contributed by atoms with E-state index in [4.69, 9.17) is 8.94 Å². The molecule has 0 aliphatic rings. The van der Waals surface area contributed by atoms with E-state index in [-0.39, 0.29) is 11.6 Å². The van der Waals surface area contributed by atoms with Gasteiger partial charge >= 0.3 is 0 Å². The van der Waals surface area contributed by atoms with Crippen LogP contribution in [0.2, 0.25) is 0 Å². The fraction of sp³-hybridized carbons (Fsp3) is 0.0800. The number of aryl methyl sites for hydroxylation is 2. The van der Waals surface area contributed by atoms with E-state index >= 15 is 0 Å². The van der Waals surface area contributed by atoms with Crippen molar-refractivity contribution in [3.63, 3.8) is 0 Å². The molecule has 5 rings (SSSR count). The van der Waals surface area contributed by atoms with Gasteiger partial charge in [-0.2, -0.15) is 0 Å². The molecule has 10 heteroatoms. The SMILES string of the molecule is Cc1ccnc(Nc2cc(Nc3ccc(NC(=O)c4cc(-c5ccco5)on4)cc3)nc(C)n2)c1. The molecule has 0 fully saturated rings. The first-order valence-electron chi connectivity index (χ1n) is 10.8. The smallest absolute Gasteiger partial charge is 0.277 e. The maximum absolute atomic E-state index is 12.5. The fourth-order valence-corrected chi connectivity index (χ4v) is 3.33. The summed E-state index contributed by atoms with van der Waals surface area (Å²) in [5.41, 5.74) is 2.65. The van der Waals surface area contributed by atoms with Gasteiger partial charge in [-0.15, -0.1) is 0 Å². The molecular weight excluding hydrogens is 446 g/mol. The number of amides is 1. The van der Waals surface area contributed by atoms with E-state index in [0.717, 1.165) is 11.3 Å². The van der Waals surface area contributed by atoms with Crippen molar-refractivity contribution in [2.45, 2.75) is 13.8 Å². The highest BCUT2D eigenvalue weighted by Crippen LogP contribution is 2.23. The van der Waals surface area contributed by atoms with Gasteiger partial charge in [0.05, 0.1) is 6.26 Å². The second-order valence-corrected chi connectivity index (χ2v) is 7.74. The quantitative estimate of drug-likeness (QED) is 0.285. The molecule has 4 aromatic heterocycles. The van der Waals surface area contributed by atoms with Crippen molar-refractivity contribution in [1.29, 1.82) is 0 Å². The summed E-state index contributed by atoms with van der Waals surface area (Å²) in [4.78, 5) is 25.7. The number of benzene rings is 1. The molecule has 0 saturated heterocycles. The Labute approximate surface area is 200 Å². The van der Waals surface area contributed by atoms with E-state index in [0.29, 0.717) is 40.5 Å². The van der Waals surface area contributed by atoms with Gasteiger partial charge < -0.3 is 24.9 Å². The van der Waals surface area contributed by atoms with Crippen LogP contribution in [0.15, 0.2) is 82.1 Å². The Morgan fingerprint density at radius 1 is 0.829 bits per heavy atom. The average Bonchev–Trinajstić information content (AvgIpc) is 3.52. The van der Waals surface area contributed by atoms with Gasteiger partial charge in [0, 0.05) is 29.7 Å². The van der Waals surface area contributed by atoms with E-state index in [1.807, 2.05) is 38.1 Å². The van der Waals surface area contributed by atoms with Gasteiger partial charge in [0.1, 0.15) is 23.3 Å². The first-order chi connectivity index (χ1) is 17.0. The van der Waals surface area contributed by atoms with Crippen molar-refractivity contribution in [3.05, 3.63) is 90.2 Å². The Hall–Kier alpha value is -4.99. The molecule has 10 nitrogen and oxygen atoms in total. The Morgan fingerprint density at radius 3 is 2.34 bits per heavy atom. The lowest BCUT2D eigenvalue weighted by atomic mass is 10.2. The van der Waals surface area contributed by atoms with E-state index in [1.54, 1.807) is 36.5 Å². The number of rotatable bonds is 7. The second-order valence-electron chi connectivity index (χ2n) is 7.74. The predicted octanol–water partition coefficient (Wildman–Crippen LogP) is 5.48. The number of hydrogen-bond donors (Lipinski definition) is 3. The predicted molar refractivity (Wildman–Crippen MR) is 131 cm³/mol. The molecule has 1 amide bonds. The van der Waals surface area contributed by atoms with Crippen LogP contribution in [0.3, 0.4) is 0 Å². The largest absolute Gasteiger partial charge is 0.461 e. The minimum Gasteiger partial charge on any atom is -0.461 e. The van der Waals surface area contributed by atoms with Gasteiger partial charge in [0.15, 0.2) is 11.5 Å². The molecule has 0 spiro atoms. The number of carbonyl (C=O) groups excluding carboxylic acids is 1. The van der Waals surface area contributed by atoms with Gasteiger partial charge in [-0.3, -0.25) is 4.79 Å². The summed E-state index contributed by atoms with van der Waals surface area (Å²) in [6.45, 7) is 3.82. The van der Waals surface area contributed by atoms with E-state index in [1.165, 1.54) is 12.3 Å². The maximum atomic E-state index is 12.5. The van der Waals surface area contributed by atoms with Crippen LogP contribution in [-0.2, 0) is 0 Å². The summed E-state index contributed by atoms with van der Waals surface area (Å²) >= 11 is 0. The van der Waals surface area contributed by atoms with Crippen LogP contribution in [0.5, 0.6) is 0 Å². The lowest BCUT2D eigenvalue weighted by Crippen LogP contribution is -2.12. The molecule has 0 bridgehead atoms. The first-order valence-corrected chi connectivity index (χ1v) is 10.8. The maximum Gasteiger partial charge on any atom is 0.277 e. The van der Waals surface area contributed by atoms with E-state index in [9.17, 15) is 4.79 Å². The normalized spacial score (nSPS) is 10.7. The molecule has 0 unspecified atom stereocenters. The molecule has 0 aliphatic carbocycles. The van der Waals surface area contributed by atoms with Crippen LogP contribution in [0, 0.1) is 13.8 Å². The Balaban J connectivity index is 1.24. The van der Waals surface area contributed by atoms with Crippen molar-refractivity contribution < 1.29 is 13.7 Å². The molecule has 5 aromatic rings. The van der Waals surface area contributed by atoms with Crippen molar-refractivity contribution in [2.24, 2.45) is 0 Å². The first kappa shape index (κ1) is 21.8. The monoisotopic (exact) mass is 467 g/mol. The van der Waals surface area contributed by atoms with Crippen LogP contribution in [-0.4, -0.2) is 26.0 Å². The summed E-state index contributed by atoms with van der Waals surface area (Å²) in [6.07, 6.45) is 3.26. The topological polar surface area (TPSA) is 131 Å². The third kappa shape index (κ3) is 5.33. The highest BCUT2D eigenvalue weighted by atomic mass is 16.5. The van der Waals surface area contributed by atoms with Crippen molar-refractivity contribution >= 4 is 34.7 Å². The number of anilines is 5. The summed E-state index contributed by atoms with van der Waals surface area (Å²) < 4.78 is 10.4. The van der Waals surface area contributed by atoms with Crippen LogP contribution < -0.4 is 16.0 Å². The lowest BCUT2D eigenvalue weighted by molar-refractivity contribution is 0.101. The van der Waals surface area contributed by atoms with Gasteiger partial charge in [0.2, 0.25) is 5.76 Å². The Kier molecular flexibility index (Phi) is 5.91. The van der Waals surface area contributed by atoms with E-state index < -0.39 is 0 Å². The second kappa shape index (κ2) is 9.48. The minimum absolute atomic E-state index is 0.151. The van der Waals surface area contributed by atoms with Gasteiger partial charge in [0.25, 0.3) is 5.91 Å². The zero-order chi connectivity index (χ0) is 24.2.